The average Bonchev–Trinajstić information content (AvgIpc) is 2.77. The molecule has 19 heavy (non-hydrogen) atoms. The van der Waals surface area contributed by atoms with Gasteiger partial charge in [-0.05, 0) is 31.0 Å². The summed E-state index contributed by atoms with van der Waals surface area (Å²) in [7, 11) is 0. The van der Waals surface area contributed by atoms with Gasteiger partial charge >= 0.3 is 0 Å². The van der Waals surface area contributed by atoms with Crippen molar-refractivity contribution in [2.45, 2.75) is 19.8 Å². The number of carbonyl (C=O) groups excluding carboxylic acids is 1. The van der Waals surface area contributed by atoms with E-state index in [1.165, 1.54) is 6.07 Å². The maximum absolute atomic E-state index is 13.0. The number of rotatable bonds is 4. The van der Waals surface area contributed by atoms with Gasteiger partial charge in [-0.15, -0.1) is 0 Å². The van der Waals surface area contributed by atoms with Crippen LogP contribution in [0.4, 0.5) is 14.6 Å². The lowest BCUT2D eigenvalue weighted by Gasteiger charge is -2.04. The van der Waals surface area contributed by atoms with E-state index >= 15 is 0 Å². The molecular formula is C13H13F2N3O. The molecule has 0 aliphatic heterocycles. The van der Waals surface area contributed by atoms with Gasteiger partial charge in [0, 0.05) is 12.0 Å². The summed E-state index contributed by atoms with van der Waals surface area (Å²) in [5.74, 6) is -1.45. The molecule has 0 saturated carbocycles. The zero-order valence-electron chi connectivity index (χ0n) is 10.3. The Labute approximate surface area is 108 Å². The highest BCUT2D eigenvalue weighted by Gasteiger charge is 2.08. The summed E-state index contributed by atoms with van der Waals surface area (Å²) in [4.78, 5) is 11.7. The fraction of sp³-hybridized carbons (Fsp3) is 0.231. The van der Waals surface area contributed by atoms with Crippen LogP contribution in [-0.2, 0) is 11.2 Å². The van der Waals surface area contributed by atoms with Crippen LogP contribution in [0.2, 0.25) is 0 Å². The Morgan fingerprint density at radius 3 is 2.79 bits per heavy atom. The molecule has 1 amide bonds. The van der Waals surface area contributed by atoms with Crippen LogP contribution in [0.15, 0.2) is 24.4 Å². The lowest BCUT2D eigenvalue weighted by atomic mass is 10.1. The maximum Gasteiger partial charge on any atom is 0.225 e. The summed E-state index contributed by atoms with van der Waals surface area (Å²) in [6, 6.07) is 3.62. The van der Waals surface area contributed by atoms with E-state index in [4.69, 9.17) is 0 Å². The Kier molecular flexibility index (Phi) is 3.89. The van der Waals surface area contributed by atoms with Crippen LogP contribution in [0.1, 0.15) is 17.5 Å². The minimum absolute atomic E-state index is 0.184. The van der Waals surface area contributed by atoms with Crippen molar-refractivity contribution in [2.75, 3.05) is 5.32 Å². The SMILES string of the molecule is Cc1cn[nH]c1NC(=O)CCc1ccc(F)c(F)c1. The summed E-state index contributed by atoms with van der Waals surface area (Å²) in [6.45, 7) is 1.81. The number of benzene rings is 1. The summed E-state index contributed by atoms with van der Waals surface area (Å²) in [5, 5.41) is 9.10. The molecule has 0 atom stereocenters. The molecule has 0 spiro atoms. The maximum atomic E-state index is 13.0. The van der Waals surface area contributed by atoms with Crippen LogP contribution in [0.25, 0.3) is 0 Å². The van der Waals surface area contributed by atoms with Crippen LogP contribution < -0.4 is 5.32 Å². The Hall–Kier alpha value is -2.24. The van der Waals surface area contributed by atoms with Crippen LogP contribution in [0.5, 0.6) is 0 Å². The second-order valence-electron chi connectivity index (χ2n) is 4.22. The first-order valence-corrected chi connectivity index (χ1v) is 5.80. The van der Waals surface area contributed by atoms with E-state index in [-0.39, 0.29) is 12.3 Å². The van der Waals surface area contributed by atoms with Crippen molar-refractivity contribution >= 4 is 11.7 Å². The van der Waals surface area contributed by atoms with E-state index in [1.54, 1.807) is 6.20 Å². The number of nitrogens with one attached hydrogen (secondary N) is 2. The van der Waals surface area contributed by atoms with E-state index in [1.807, 2.05) is 6.92 Å². The van der Waals surface area contributed by atoms with Crippen molar-refractivity contribution in [1.82, 2.24) is 10.2 Å². The normalized spacial score (nSPS) is 10.5. The molecule has 2 rings (SSSR count). The molecule has 100 valence electrons. The third-order valence-electron chi connectivity index (χ3n) is 2.72. The number of halogens is 2. The molecule has 0 radical (unpaired) electrons. The summed E-state index contributed by atoms with van der Waals surface area (Å²) < 4.78 is 25.7. The van der Waals surface area contributed by atoms with Gasteiger partial charge in [0.1, 0.15) is 5.82 Å². The highest BCUT2D eigenvalue weighted by molar-refractivity contribution is 5.90. The highest BCUT2D eigenvalue weighted by Crippen LogP contribution is 2.12. The molecule has 0 fully saturated rings. The molecule has 1 aromatic carbocycles. The monoisotopic (exact) mass is 265 g/mol. The van der Waals surface area contributed by atoms with Gasteiger partial charge in [0.25, 0.3) is 0 Å². The largest absolute Gasteiger partial charge is 0.311 e. The van der Waals surface area contributed by atoms with Crippen LogP contribution in [0, 0.1) is 18.6 Å². The van der Waals surface area contributed by atoms with Gasteiger partial charge < -0.3 is 5.32 Å². The van der Waals surface area contributed by atoms with Gasteiger partial charge in [0.2, 0.25) is 5.91 Å². The number of H-pyrrole nitrogens is 1. The number of anilines is 1. The van der Waals surface area contributed by atoms with Gasteiger partial charge in [-0.3, -0.25) is 9.89 Å². The number of amides is 1. The van der Waals surface area contributed by atoms with E-state index in [0.717, 1.165) is 17.7 Å². The van der Waals surface area contributed by atoms with Crippen LogP contribution in [0.3, 0.4) is 0 Å². The summed E-state index contributed by atoms with van der Waals surface area (Å²) in [6.07, 6.45) is 2.13. The zero-order chi connectivity index (χ0) is 13.8. The Morgan fingerprint density at radius 1 is 1.37 bits per heavy atom. The Balaban J connectivity index is 1.90. The molecule has 0 bridgehead atoms. The summed E-state index contributed by atoms with van der Waals surface area (Å²) in [5.41, 5.74) is 1.41. The molecule has 6 heteroatoms. The second-order valence-corrected chi connectivity index (χ2v) is 4.22. The van der Waals surface area contributed by atoms with Gasteiger partial charge in [-0.1, -0.05) is 6.07 Å². The average molecular weight is 265 g/mol. The lowest BCUT2D eigenvalue weighted by molar-refractivity contribution is -0.116. The summed E-state index contributed by atoms with van der Waals surface area (Å²) >= 11 is 0. The highest BCUT2D eigenvalue weighted by atomic mass is 19.2. The number of aromatic amines is 1. The smallest absolute Gasteiger partial charge is 0.225 e. The topological polar surface area (TPSA) is 57.8 Å². The molecule has 0 unspecified atom stereocenters. The molecule has 0 saturated heterocycles. The minimum Gasteiger partial charge on any atom is -0.311 e. The Morgan fingerprint density at radius 2 is 2.16 bits per heavy atom. The van der Waals surface area contributed by atoms with Crippen molar-refractivity contribution in [1.29, 1.82) is 0 Å². The van der Waals surface area contributed by atoms with Crippen LogP contribution >= 0.6 is 0 Å². The third kappa shape index (κ3) is 3.37. The number of aromatic nitrogens is 2. The van der Waals surface area contributed by atoms with Gasteiger partial charge in [-0.25, -0.2) is 8.78 Å². The minimum atomic E-state index is -0.901. The molecule has 2 N–H and O–H groups in total. The second kappa shape index (κ2) is 5.60. The predicted octanol–water partition coefficient (Wildman–Crippen LogP) is 2.57. The zero-order valence-corrected chi connectivity index (χ0v) is 10.3. The van der Waals surface area contributed by atoms with Crippen molar-refractivity contribution in [3.05, 3.63) is 47.2 Å². The number of carbonyl (C=O) groups is 1. The molecule has 0 aliphatic rings. The lowest BCUT2D eigenvalue weighted by Crippen LogP contribution is -2.13. The molecule has 1 heterocycles. The number of hydrogen-bond acceptors (Lipinski definition) is 2. The van der Waals surface area contributed by atoms with Crippen LogP contribution in [-0.4, -0.2) is 16.1 Å². The fourth-order valence-electron chi connectivity index (χ4n) is 1.63. The molecular weight excluding hydrogens is 252 g/mol. The van der Waals surface area contributed by atoms with Gasteiger partial charge in [0.15, 0.2) is 11.6 Å². The standard InChI is InChI=1S/C13H13F2N3O/c1-8-7-16-18-13(8)17-12(19)5-3-9-2-4-10(14)11(15)6-9/h2,4,6-7H,3,5H2,1H3,(H2,16,17,18,19). The van der Waals surface area contributed by atoms with Gasteiger partial charge in [-0.2, -0.15) is 5.10 Å². The van der Waals surface area contributed by atoms with Gasteiger partial charge in [0.05, 0.1) is 6.20 Å². The predicted molar refractivity (Wildman–Crippen MR) is 66.6 cm³/mol. The van der Waals surface area contributed by atoms with Crippen molar-refractivity contribution in [2.24, 2.45) is 0 Å². The number of aryl methyl sites for hydroxylation is 2. The van der Waals surface area contributed by atoms with Crippen molar-refractivity contribution < 1.29 is 13.6 Å². The van der Waals surface area contributed by atoms with Crippen molar-refractivity contribution in [3.8, 4) is 0 Å². The quantitative estimate of drug-likeness (QED) is 0.892. The molecule has 0 aliphatic carbocycles. The number of nitrogens with zero attached hydrogens (tertiary/aromatic N) is 1. The first kappa shape index (κ1) is 13.2. The van der Waals surface area contributed by atoms with E-state index in [9.17, 15) is 13.6 Å². The fourth-order valence-corrected chi connectivity index (χ4v) is 1.63. The molecule has 4 nitrogen and oxygen atoms in total. The van der Waals surface area contributed by atoms with Crippen molar-refractivity contribution in [3.63, 3.8) is 0 Å². The first-order valence-electron chi connectivity index (χ1n) is 5.80. The first-order chi connectivity index (χ1) is 9.06. The molecule has 2 aromatic rings. The van der Waals surface area contributed by atoms with E-state index in [0.29, 0.717) is 17.8 Å². The van der Waals surface area contributed by atoms with E-state index in [2.05, 4.69) is 15.5 Å². The van der Waals surface area contributed by atoms with E-state index < -0.39 is 11.6 Å². The molecule has 1 aromatic heterocycles. The Bertz CT molecular complexity index is 595. The third-order valence-corrected chi connectivity index (χ3v) is 2.72. The number of hydrogen-bond donors (Lipinski definition) is 2.